The van der Waals surface area contributed by atoms with Gasteiger partial charge in [0.2, 0.25) is 0 Å². The lowest BCUT2D eigenvalue weighted by molar-refractivity contribution is -0.120. The van der Waals surface area contributed by atoms with Gasteiger partial charge in [-0.1, -0.05) is 18.2 Å². The van der Waals surface area contributed by atoms with Crippen molar-refractivity contribution in [2.75, 3.05) is 24.4 Å². The summed E-state index contributed by atoms with van der Waals surface area (Å²) in [6.07, 6.45) is 0. The van der Waals surface area contributed by atoms with Crippen LogP contribution in [0.15, 0.2) is 60.3 Å². The number of hydrogen-bond donors (Lipinski definition) is 1. The molecule has 174 valence electrons. The highest BCUT2D eigenvalue weighted by Gasteiger charge is 2.41. The Hall–Kier alpha value is -4.20. The minimum atomic E-state index is -0.897. The monoisotopic (exact) mass is 464 g/mol. The average molecular weight is 464 g/mol. The molecule has 0 fully saturated rings. The summed E-state index contributed by atoms with van der Waals surface area (Å²) in [6.45, 7) is 3.80. The topological polar surface area (TPSA) is 67.9 Å². The molecule has 1 aliphatic heterocycles. The highest BCUT2D eigenvalue weighted by molar-refractivity contribution is 6.46. The molecule has 0 unspecified atom stereocenters. The normalized spacial score (nSPS) is 13.5. The van der Waals surface area contributed by atoms with Gasteiger partial charge in [-0.25, -0.2) is 13.7 Å². The quantitative estimate of drug-likeness (QED) is 0.521. The van der Waals surface area contributed by atoms with E-state index in [2.05, 4.69) is 5.32 Å². The van der Waals surface area contributed by atoms with Gasteiger partial charge in [0, 0.05) is 12.1 Å². The largest absolute Gasteiger partial charge is 0.497 e. The smallest absolute Gasteiger partial charge is 0.282 e. The van der Waals surface area contributed by atoms with Gasteiger partial charge in [-0.3, -0.25) is 9.59 Å². The Labute approximate surface area is 195 Å². The number of aryl methyl sites for hydroxylation is 2. The van der Waals surface area contributed by atoms with E-state index in [0.717, 1.165) is 29.3 Å². The lowest BCUT2D eigenvalue weighted by Gasteiger charge is -2.17. The molecule has 0 radical (unpaired) electrons. The Morgan fingerprint density at radius 1 is 0.824 bits per heavy atom. The molecule has 34 heavy (non-hydrogen) atoms. The molecule has 8 heteroatoms. The number of methoxy groups -OCH3 is 2. The molecule has 0 saturated heterocycles. The summed E-state index contributed by atoms with van der Waals surface area (Å²) in [7, 11) is 2.96. The third-order valence-electron chi connectivity index (χ3n) is 5.70. The second-order valence-corrected chi connectivity index (χ2v) is 7.78. The van der Waals surface area contributed by atoms with Crippen LogP contribution in [-0.4, -0.2) is 26.0 Å². The van der Waals surface area contributed by atoms with Crippen LogP contribution in [0, 0.1) is 25.5 Å². The van der Waals surface area contributed by atoms with Crippen LogP contribution in [0.1, 0.15) is 16.7 Å². The first-order valence-electron chi connectivity index (χ1n) is 10.4. The fourth-order valence-electron chi connectivity index (χ4n) is 3.72. The van der Waals surface area contributed by atoms with Crippen LogP contribution in [0.2, 0.25) is 0 Å². The molecule has 0 saturated carbocycles. The van der Waals surface area contributed by atoms with Gasteiger partial charge in [-0.15, -0.1) is 0 Å². The first-order chi connectivity index (χ1) is 16.2. The number of hydrogen-bond acceptors (Lipinski definition) is 5. The zero-order valence-electron chi connectivity index (χ0n) is 19.0. The Bertz CT molecular complexity index is 1350. The Kier molecular flexibility index (Phi) is 6.06. The molecule has 3 aromatic carbocycles. The summed E-state index contributed by atoms with van der Waals surface area (Å²) < 4.78 is 39.1. The Morgan fingerprint density at radius 3 is 2.26 bits per heavy atom. The number of nitrogens with one attached hydrogen (secondary N) is 1. The first kappa shape index (κ1) is 23.0. The third kappa shape index (κ3) is 3.98. The SMILES string of the molecule is COc1ccc(NC2=C(c3ccc(C)c(C)c3)C(=O)N(c3cc(F)ccc3F)C2=O)c(OC)c1. The zero-order chi connectivity index (χ0) is 24.6. The number of halogens is 2. The Morgan fingerprint density at radius 2 is 1.59 bits per heavy atom. The van der Waals surface area contributed by atoms with Crippen molar-refractivity contribution in [1.82, 2.24) is 0 Å². The molecular weight excluding hydrogens is 442 g/mol. The second kappa shape index (κ2) is 8.97. The van der Waals surface area contributed by atoms with Crippen LogP contribution in [-0.2, 0) is 9.59 Å². The number of imide groups is 1. The van der Waals surface area contributed by atoms with Gasteiger partial charge in [0.1, 0.15) is 28.8 Å². The predicted molar refractivity (Wildman–Crippen MR) is 125 cm³/mol. The molecule has 0 aliphatic carbocycles. The van der Waals surface area contributed by atoms with Crippen molar-refractivity contribution in [2.45, 2.75) is 13.8 Å². The summed E-state index contributed by atoms with van der Waals surface area (Å²) in [4.78, 5) is 27.6. The van der Waals surface area contributed by atoms with E-state index in [9.17, 15) is 18.4 Å². The van der Waals surface area contributed by atoms with Crippen LogP contribution in [0.3, 0.4) is 0 Å². The van der Waals surface area contributed by atoms with Gasteiger partial charge >= 0.3 is 0 Å². The van der Waals surface area contributed by atoms with E-state index in [1.165, 1.54) is 14.2 Å². The van der Waals surface area contributed by atoms with E-state index in [1.54, 1.807) is 30.3 Å². The van der Waals surface area contributed by atoms with Crippen molar-refractivity contribution in [3.8, 4) is 11.5 Å². The molecule has 0 atom stereocenters. The van der Waals surface area contributed by atoms with Crippen molar-refractivity contribution >= 4 is 28.8 Å². The van der Waals surface area contributed by atoms with Crippen molar-refractivity contribution in [2.24, 2.45) is 0 Å². The number of anilines is 2. The van der Waals surface area contributed by atoms with Gasteiger partial charge < -0.3 is 14.8 Å². The predicted octanol–water partition coefficient (Wildman–Crippen LogP) is 5.00. The molecule has 4 rings (SSSR count). The van der Waals surface area contributed by atoms with E-state index in [-0.39, 0.29) is 11.3 Å². The molecule has 3 aromatic rings. The number of amides is 2. The summed E-state index contributed by atoms with van der Waals surface area (Å²) in [5.74, 6) is -2.37. The van der Waals surface area contributed by atoms with E-state index < -0.39 is 29.1 Å². The molecular formula is C26H22F2N2O4. The third-order valence-corrected chi connectivity index (χ3v) is 5.70. The lowest BCUT2D eigenvalue weighted by Crippen LogP contribution is -2.33. The molecule has 1 aliphatic rings. The maximum absolute atomic E-state index is 14.6. The Balaban J connectivity index is 1.88. The summed E-state index contributed by atoms with van der Waals surface area (Å²) >= 11 is 0. The van der Waals surface area contributed by atoms with E-state index in [1.807, 2.05) is 19.9 Å². The zero-order valence-corrected chi connectivity index (χ0v) is 19.0. The van der Waals surface area contributed by atoms with Crippen molar-refractivity contribution in [3.05, 3.63) is 88.6 Å². The molecule has 2 amide bonds. The van der Waals surface area contributed by atoms with E-state index in [4.69, 9.17) is 9.47 Å². The number of nitrogens with zero attached hydrogens (tertiary/aromatic N) is 1. The van der Waals surface area contributed by atoms with Crippen LogP contribution >= 0.6 is 0 Å². The number of carbonyl (C=O) groups is 2. The first-order valence-corrected chi connectivity index (χ1v) is 10.4. The minimum Gasteiger partial charge on any atom is -0.497 e. The van der Waals surface area contributed by atoms with Crippen LogP contribution in [0.25, 0.3) is 5.57 Å². The molecule has 1 N–H and O–H groups in total. The number of benzene rings is 3. The van der Waals surface area contributed by atoms with Crippen LogP contribution < -0.4 is 19.7 Å². The maximum Gasteiger partial charge on any atom is 0.282 e. The van der Waals surface area contributed by atoms with Crippen molar-refractivity contribution < 1.29 is 27.8 Å². The standard InChI is InChI=1S/C26H22F2N2O4/c1-14-5-6-16(11-15(14)2)23-24(29-20-10-8-18(33-3)13-22(20)34-4)26(32)30(25(23)31)21-12-17(27)7-9-19(21)28/h5-13,29H,1-4H3. The molecule has 0 spiro atoms. The van der Waals surface area contributed by atoms with Crippen molar-refractivity contribution in [1.29, 1.82) is 0 Å². The molecule has 0 aromatic heterocycles. The van der Waals surface area contributed by atoms with E-state index >= 15 is 0 Å². The number of carbonyl (C=O) groups excluding carboxylic acids is 2. The molecule has 0 bridgehead atoms. The molecule has 1 heterocycles. The summed E-state index contributed by atoms with van der Waals surface area (Å²) in [5, 5.41) is 2.98. The van der Waals surface area contributed by atoms with Crippen molar-refractivity contribution in [3.63, 3.8) is 0 Å². The van der Waals surface area contributed by atoms with Crippen LogP contribution in [0.4, 0.5) is 20.2 Å². The number of ether oxygens (including phenoxy) is 2. The van der Waals surface area contributed by atoms with Gasteiger partial charge in [0.15, 0.2) is 0 Å². The van der Waals surface area contributed by atoms with E-state index in [0.29, 0.717) is 27.6 Å². The fourth-order valence-corrected chi connectivity index (χ4v) is 3.72. The van der Waals surface area contributed by atoms with Gasteiger partial charge in [-0.05, 0) is 54.8 Å². The number of rotatable bonds is 6. The van der Waals surface area contributed by atoms with Gasteiger partial charge in [-0.2, -0.15) is 0 Å². The summed E-state index contributed by atoms with van der Waals surface area (Å²) in [5.41, 5.74) is 2.26. The van der Waals surface area contributed by atoms with Gasteiger partial charge in [0.05, 0.1) is 31.2 Å². The average Bonchev–Trinajstić information content (AvgIpc) is 3.06. The van der Waals surface area contributed by atoms with Gasteiger partial charge in [0.25, 0.3) is 11.8 Å². The second-order valence-electron chi connectivity index (χ2n) is 7.78. The minimum absolute atomic E-state index is 0.0367. The maximum atomic E-state index is 14.6. The lowest BCUT2D eigenvalue weighted by atomic mass is 9.99. The molecule has 6 nitrogen and oxygen atoms in total. The fraction of sp³-hybridized carbons (Fsp3) is 0.154. The van der Waals surface area contributed by atoms with Crippen LogP contribution in [0.5, 0.6) is 11.5 Å². The summed E-state index contributed by atoms with van der Waals surface area (Å²) in [6, 6.07) is 12.8. The highest BCUT2D eigenvalue weighted by Crippen LogP contribution is 2.38. The highest BCUT2D eigenvalue weighted by atomic mass is 19.1.